The van der Waals surface area contributed by atoms with E-state index in [1.165, 1.54) is 0 Å². The highest BCUT2D eigenvalue weighted by atomic mass is 16.5. The number of nitrogens with two attached hydrogens (primary N) is 1. The summed E-state index contributed by atoms with van der Waals surface area (Å²) in [4.78, 5) is 33.9. The fraction of sp³-hybridized carbons (Fsp3) is 0.682. The Balaban J connectivity index is 1.55. The summed E-state index contributed by atoms with van der Waals surface area (Å²) < 4.78 is 10.6. The second-order valence-electron chi connectivity index (χ2n) is 8.75. The third-order valence-corrected chi connectivity index (χ3v) is 6.82. The SMILES string of the molecule is CCc1nc(N2CCC[C@@]3(CCN(C4CCOCC4)C3=O)C2)c(C)cc1OC(N)=O. The van der Waals surface area contributed by atoms with Gasteiger partial charge in [-0.05, 0) is 57.1 Å². The number of aryl methyl sites for hydroxylation is 2. The van der Waals surface area contributed by atoms with Gasteiger partial charge in [-0.1, -0.05) is 6.92 Å². The molecule has 30 heavy (non-hydrogen) atoms. The Labute approximate surface area is 177 Å². The Kier molecular flexibility index (Phi) is 5.86. The maximum Gasteiger partial charge on any atom is 0.410 e. The van der Waals surface area contributed by atoms with Crippen molar-refractivity contribution in [3.8, 4) is 5.75 Å². The molecule has 0 aliphatic carbocycles. The molecule has 164 valence electrons. The van der Waals surface area contributed by atoms with Crippen LogP contribution in [0.3, 0.4) is 0 Å². The van der Waals surface area contributed by atoms with Crippen LogP contribution >= 0.6 is 0 Å². The van der Waals surface area contributed by atoms with E-state index in [0.717, 1.165) is 69.8 Å². The van der Waals surface area contributed by atoms with Gasteiger partial charge in [0.1, 0.15) is 5.82 Å². The van der Waals surface area contributed by atoms with Crippen molar-refractivity contribution in [2.45, 2.75) is 58.4 Å². The van der Waals surface area contributed by atoms with Gasteiger partial charge >= 0.3 is 6.09 Å². The molecular formula is C22H32N4O4. The van der Waals surface area contributed by atoms with E-state index in [4.69, 9.17) is 20.2 Å². The lowest BCUT2D eigenvalue weighted by Crippen LogP contribution is -2.50. The molecule has 8 nitrogen and oxygen atoms in total. The number of anilines is 1. The van der Waals surface area contributed by atoms with Crippen LogP contribution in [0.2, 0.25) is 0 Å². The molecule has 0 saturated carbocycles. The summed E-state index contributed by atoms with van der Waals surface area (Å²) in [6.45, 7) is 7.83. The van der Waals surface area contributed by atoms with Crippen LogP contribution in [0.1, 0.15) is 50.3 Å². The van der Waals surface area contributed by atoms with Gasteiger partial charge in [0.2, 0.25) is 5.91 Å². The van der Waals surface area contributed by atoms with E-state index in [1.807, 2.05) is 19.9 Å². The first-order valence-corrected chi connectivity index (χ1v) is 11.0. The number of carbonyl (C=O) groups excluding carboxylic acids is 2. The Bertz CT molecular complexity index is 824. The third kappa shape index (κ3) is 3.85. The predicted octanol–water partition coefficient (Wildman–Crippen LogP) is 2.41. The van der Waals surface area contributed by atoms with Crippen molar-refractivity contribution in [2.75, 3.05) is 37.7 Å². The first-order chi connectivity index (χ1) is 14.4. The average Bonchev–Trinajstić information content (AvgIpc) is 3.04. The van der Waals surface area contributed by atoms with Gasteiger partial charge < -0.3 is 25.0 Å². The van der Waals surface area contributed by atoms with E-state index >= 15 is 0 Å². The molecule has 3 aliphatic heterocycles. The fourth-order valence-electron chi connectivity index (χ4n) is 5.27. The molecule has 4 heterocycles. The number of hydrogen-bond acceptors (Lipinski definition) is 6. The van der Waals surface area contributed by atoms with E-state index < -0.39 is 6.09 Å². The molecule has 1 spiro atoms. The summed E-state index contributed by atoms with van der Waals surface area (Å²) in [5, 5.41) is 0. The number of ether oxygens (including phenoxy) is 2. The van der Waals surface area contributed by atoms with Gasteiger partial charge in [-0.15, -0.1) is 0 Å². The standard InChI is InChI=1S/C22H32N4O4/c1-3-17-18(30-21(23)28)13-15(2)19(24-17)25-9-4-7-22(14-25)8-10-26(20(22)27)16-5-11-29-12-6-16/h13,16H,3-12,14H2,1-2H3,(H2,23,28)/t22-/m1/s1. The average molecular weight is 417 g/mol. The third-order valence-electron chi connectivity index (χ3n) is 6.82. The number of nitrogens with zero attached hydrogens (tertiary/aromatic N) is 3. The highest BCUT2D eigenvalue weighted by molar-refractivity contribution is 5.86. The lowest BCUT2D eigenvalue weighted by Gasteiger charge is -2.41. The minimum absolute atomic E-state index is 0.307. The van der Waals surface area contributed by atoms with Crippen LogP contribution < -0.4 is 15.4 Å². The molecule has 4 rings (SSSR count). The Hall–Kier alpha value is -2.35. The van der Waals surface area contributed by atoms with Crippen LogP contribution in [-0.4, -0.2) is 60.8 Å². The second-order valence-corrected chi connectivity index (χ2v) is 8.75. The van der Waals surface area contributed by atoms with Crippen LogP contribution in [0.15, 0.2) is 6.07 Å². The smallest absolute Gasteiger partial charge is 0.409 e. The van der Waals surface area contributed by atoms with Crippen LogP contribution in [0, 0.1) is 12.3 Å². The highest BCUT2D eigenvalue weighted by Crippen LogP contribution is 2.43. The second kappa shape index (κ2) is 8.41. The zero-order valence-corrected chi connectivity index (χ0v) is 18.0. The van der Waals surface area contributed by atoms with Gasteiger partial charge in [0.15, 0.2) is 5.75 Å². The number of likely N-dealkylation sites (tertiary alicyclic amines) is 1. The molecule has 8 heteroatoms. The van der Waals surface area contributed by atoms with E-state index in [9.17, 15) is 9.59 Å². The number of rotatable bonds is 4. The molecule has 3 aliphatic rings. The normalized spacial score (nSPS) is 25.2. The maximum atomic E-state index is 13.5. The number of piperidine rings is 1. The van der Waals surface area contributed by atoms with Gasteiger partial charge in [0.25, 0.3) is 0 Å². The van der Waals surface area contributed by atoms with E-state index in [0.29, 0.717) is 36.4 Å². The van der Waals surface area contributed by atoms with Crippen molar-refractivity contribution in [3.05, 3.63) is 17.3 Å². The molecule has 0 aromatic carbocycles. The molecule has 3 saturated heterocycles. The molecule has 2 N–H and O–H groups in total. The fourth-order valence-corrected chi connectivity index (χ4v) is 5.27. The van der Waals surface area contributed by atoms with Crippen molar-refractivity contribution < 1.29 is 19.1 Å². The molecule has 0 unspecified atom stereocenters. The lowest BCUT2D eigenvalue weighted by molar-refractivity contribution is -0.139. The first kappa shape index (κ1) is 20.9. The molecule has 1 aromatic heterocycles. The van der Waals surface area contributed by atoms with Crippen molar-refractivity contribution in [1.29, 1.82) is 0 Å². The summed E-state index contributed by atoms with van der Waals surface area (Å²) >= 11 is 0. The van der Waals surface area contributed by atoms with Crippen molar-refractivity contribution in [3.63, 3.8) is 0 Å². The van der Waals surface area contributed by atoms with Gasteiger partial charge in [0.05, 0.1) is 11.1 Å². The molecule has 1 atom stereocenters. The largest absolute Gasteiger partial charge is 0.410 e. The first-order valence-electron chi connectivity index (χ1n) is 11.0. The minimum Gasteiger partial charge on any atom is -0.409 e. The summed E-state index contributed by atoms with van der Waals surface area (Å²) in [5.74, 6) is 1.60. The Morgan fingerprint density at radius 3 is 2.80 bits per heavy atom. The van der Waals surface area contributed by atoms with Crippen molar-refractivity contribution >= 4 is 17.8 Å². The number of aromatic nitrogens is 1. The Morgan fingerprint density at radius 1 is 1.33 bits per heavy atom. The van der Waals surface area contributed by atoms with Gasteiger partial charge in [-0.2, -0.15) is 0 Å². The van der Waals surface area contributed by atoms with Crippen LogP contribution in [0.5, 0.6) is 5.75 Å². The molecule has 2 amide bonds. The van der Waals surface area contributed by atoms with Gasteiger partial charge in [0, 0.05) is 38.9 Å². The number of hydrogen-bond donors (Lipinski definition) is 1. The zero-order valence-electron chi connectivity index (χ0n) is 18.0. The molecule has 0 bridgehead atoms. The molecule has 0 radical (unpaired) electrons. The van der Waals surface area contributed by atoms with E-state index in [2.05, 4.69) is 9.80 Å². The van der Waals surface area contributed by atoms with Crippen LogP contribution in [-0.2, 0) is 16.0 Å². The predicted molar refractivity (Wildman–Crippen MR) is 113 cm³/mol. The lowest BCUT2D eigenvalue weighted by atomic mass is 9.78. The summed E-state index contributed by atoms with van der Waals surface area (Å²) in [6, 6.07) is 2.15. The summed E-state index contributed by atoms with van der Waals surface area (Å²) in [5.41, 5.74) is 6.51. The number of amides is 2. The van der Waals surface area contributed by atoms with E-state index in [-0.39, 0.29) is 5.41 Å². The Morgan fingerprint density at radius 2 is 2.10 bits per heavy atom. The molecule has 1 aromatic rings. The number of pyridine rings is 1. The quantitative estimate of drug-likeness (QED) is 0.809. The van der Waals surface area contributed by atoms with Crippen LogP contribution in [0.25, 0.3) is 0 Å². The maximum absolute atomic E-state index is 13.5. The summed E-state index contributed by atoms with van der Waals surface area (Å²) in [6.07, 6.45) is 4.48. The van der Waals surface area contributed by atoms with Crippen molar-refractivity contribution in [1.82, 2.24) is 9.88 Å². The molecule has 3 fully saturated rings. The molecular weight excluding hydrogens is 384 g/mol. The van der Waals surface area contributed by atoms with Crippen molar-refractivity contribution in [2.24, 2.45) is 11.1 Å². The number of primary amides is 1. The van der Waals surface area contributed by atoms with Gasteiger partial charge in [-0.25, -0.2) is 9.78 Å². The monoisotopic (exact) mass is 416 g/mol. The van der Waals surface area contributed by atoms with Gasteiger partial charge in [-0.3, -0.25) is 4.79 Å². The number of carbonyl (C=O) groups is 2. The zero-order chi connectivity index (χ0) is 21.3. The topological polar surface area (TPSA) is 98.0 Å². The van der Waals surface area contributed by atoms with Crippen LogP contribution in [0.4, 0.5) is 10.6 Å². The minimum atomic E-state index is -0.833. The summed E-state index contributed by atoms with van der Waals surface area (Å²) in [7, 11) is 0. The van der Waals surface area contributed by atoms with E-state index in [1.54, 1.807) is 0 Å². The highest BCUT2D eigenvalue weighted by Gasteiger charge is 2.50.